The Hall–Kier alpha value is -1.52. The predicted octanol–water partition coefficient (Wildman–Crippen LogP) is 0.235. The number of halogens is 1. The molecule has 0 unspecified atom stereocenters. The molecule has 0 fully saturated rings. The van der Waals surface area contributed by atoms with E-state index in [4.69, 9.17) is 5.14 Å². The summed E-state index contributed by atoms with van der Waals surface area (Å²) in [7, 11) is -7.90. The van der Waals surface area contributed by atoms with Gasteiger partial charge in [-0.2, -0.15) is 0 Å². The fourth-order valence-corrected chi connectivity index (χ4v) is 2.24. The Kier molecular flexibility index (Phi) is 4.47. The third kappa shape index (κ3) is 3.77. The molecule has 10 heteroatoms. The summed E-state index contributed by atoms with van der Waals surface area (Å²) < 4.78 is 57.0. The SMILES string of the molecule is CC(C)(C(=O)Nc1ccc(S(N)(=O)=O)c(F)c1)S(C)(=O)=O. The summed E-state index contributed by atoms with van der Waals surface area (Å²) in [6.07, 6.45) is 0.900. The Labute approximate surface area is 122 Å². The first-order valence-electron chi connectivity index (χ1n) is 5.60. The second-order valence-electron chi connectivity index (χ2n) is 4.93. The number of carbonyl (C=O) groups excluding carboxylic acids is 1. The van der Waals surface area contributed by atoms with Crippen molar-refractivity contribution < 1.29 is 26.0 Å². The summed E-state index contributed by atoms with van der Waals surface area (Å²) in [5, 5.41) is 7.02. The number of sulfone groups is 1. The number of nitrogens with one attached hydrogen (secondary N) is 1. The predicted molar refractivity (Wildman–Crippen MR) is 75.3 cm³/mol. The van der Waals surface area contributed by atoms with Gasteiger partial charge in [0.15, 0.2) is 9.84 Å². The Bertz CT molecular complexity index is 785. The van der Waals surface area contributed by atoms with Gasteiger partial charge in [0, 0.05) is 11.9 Å². The number of amides is 1. The van der Waals surface area contributed by atoms with E-state index >= 15 is 0 Å². The highest BCUT2D eigenvalue weighted by atomic mass is 32.2. The smallest absolute Gasteiger partial charge is 0.245 e. The van der Waals surface area contributed by atoms with E-state index in [2.05, 4.69) is 5.32 Å². The topological polar surface area (TPSA) is 123 Å². The standard InChI is InChI=1S/C11H15FN2O5S2/c1-11(2,20(3,16)17)10(15)14-7-4-5-9(8(12)6-7)21(13,18)19/h4-6H,1-3H3,(H,14,15)(H2,13,18,19). The van der Waals surface area contributed by atoms with E-state index in [-0.39, 0.29) is 5.69 Å². The van der Waals surface area contributed by atoms with E-state index in [0.717, 1.165) is 24.5 Å². The first-order valence-corrected chi connectivity index (χ1v) is 9.04. The van der Waals surface area contributed by atoms with Crippen molar-refractivity contribution in [1.82, 2.24) is 0 Å². The van der Waals surface area contributed by atoms with Gasteiger partial charge in [-0.05, 0) is 32.0 Å². The van der Waals surface area contributed by atoms with Gasteiger partial charge in [-0.25, -0.2) is 26.4 Å². The van der Waals surface area contributed by atoms with Crippen LogP contribution in [0.2, 0.25) is 0 Å². The largest absolute Gasteiger partial charge is 0.325 e. The maximum Gasteiger partial charge on any atom is 0.245 e. The molecule has 0 heterocycles. The molecular formula is C11H15FN2O5S2. The van der Waals surface area contributed by atoms with Crippen molar-refractivity contribution in [2.45, 2.75) is 23.5 Å². The molecular weight excluding hydrogens is 323 g/mol. The third-order valence-electron chi connectivity index (χ3n) is 2.97. The normalized spacial score (nSPS) is 13.0. The number of anilines is 1. The van der Waals surface area contributed by atoms with Crippen molar-refractivity contribution in [2.24, 2.45) is 5.14 Å². The zero-order chi connectivity index (χ0) is 16.6. The monoisotopic (exact) mass is 338 g/mol. The van der Waals surface area contributed by atoms with Crippen LogP contribution >= 0.6 is 0 Å². The molecule has 21 heavy (non-hydrogen) atoms. The second kappa shape index (κ2) is 5.35. The molecule has 0 saturated carbocycles. The summed E-state index contributed by atoms with van der Waals surface area (Å²) in [6.45, 7) is 2.40. The van der Waals surface area contributed by atoms with Gasteiger partial charge in [-0.15, -0.1) is 0 Å². The highest BCUT2D eigenvalue weighted by Gasteiger charge is 2.38. The second-order valence-corrected chi connectivity index (χ2v) is 9.02. The third-order valence-corrected chi connectivity index (χ3v) is 5.95. The van der Waals surface area contributed by atoms with E-state index in [1.54, 1.807) is 0 Å². The van der Waals surface area contributed by atoms with E-state index in [9.17, 15) is 26.0 Å². The van der Waals surface area contributed by atoms with E-state index in [1.165, 1.54) is 13.8 Å². The molecule has 0 radical (unpaired) electrons. The van der Waals surface area contributed by atoms with Crippen LogP contribution in [-0.2, 0) is 24.7 Å². The summed E-state index contributed by atoms with van der Waals surface area (Å²) >= 11 is 0. The van der Waals surface area contributed by atoms with Crippen molar-refractivity contribution in [2.75, 3.05) is 11.6 Å². The number of primary sulfonamides is 1. The van der Waals surface area contributed by atoms with E-state index in [1.807, 2.05) is 0 Å². The molecule has 1 aromatic rings. The zero-order valence-electron chi connectivity index (χ0n) is 11.5. The first-order chi connectivity index (χ1) is 9.26. The van der Waals surface area contributed by atoms with Gasteiger partial charge in [0.2, 0.25) is 15.9 Å². The summed E-state index contributed by atoms with van der Waals surface area (Å²) in [4.78, 5) is 11.2. The number of hydrogen-bond donors (Lipinski definition) is 2. The quantitative estimate of drug-likeness (QED) is 0.813. The molecule has 3 N–H and O–H groups in total. The van der Waals surface area contributed by atoms with Gasteiger partial charge < -0.3 is 5.32 Å². The number of sulfonamides is 1. The molecule has 7 nitrogen and oxygen atoms in total. The highest BCUT2D eigenvalue weighted by Crippen LogP contribution is 2.21. The lowest BCUT2D eigenvalue weighted by Gasteiger charge is -2.21. The van der Waals surface area contributed by atoms with Crippen molar-refractivity contribution in [3.63, 3.8) is 0 Å². The van der Waals surface area contributed by atoms with Crippen molar-refractivity contribution in [3.05, 3.63) is 24.0 Å². The number of nitrogens with two attached hydrogens (primary N) is 1. The van der Waals surface area contributed by atoms with Crippen LogP contribution in [-0.4, -0.2) is 33.7 Å². The average Bonchev–Trinajstić information content (AvgIpc) is 2.25. The number of hydrogen-bond acceptors (Lipinski definition) is 5. The van der Waals surface area contributed by atoms with Crippen molar-refractivity contribution in [1.29, 1.82) is 0 Å². The van der Waals surface area contributed by atoms with Crippen LogP contribution in [0.1, 0.15) is 13.8 Å². The molecule has 0 spiro atoms. The minimum absolute atomic E-state index is 0.0818. The van der Waals surface area contributed by atoms with Crippen LogP contribution in [0.25, 0.3) is 0 Å². The van der Waals surface area contributed by atoms with Crippen LogP contribution < -0.4 is 10.5 Å². The lowest BCUT2D eigenvalue weighted by atomic mass is 10.2. The average molecular weight is 338 g/mol. The number of carbonyl (C=O) groups is 1. The maximum absolute atomic E-state index is 13.6. The summed E-state index contributed by atoms with van der Waals surface area (Å²) in [5.41, 5.74) is -0.0818. The van der Waals surface area contributed by atoms with Gasteiger partial charge in [-0.1, -0.05) is 0 Å². The van der Waals surface area contributed by atoms with E-state index in [0.29, 0.717) is 0 Å². The van der Waals surface area contributed by atoms with Crippen molar-refractivity contribution in [3.8, 4) is 0 Å². The fourth-order valence-electron chi connectivity index (χ4n) is 1.26. The molecule has 0 aliphatic heterocycles. The maximum atomic E-state index is 13.6. The Morgan fingerprint density at radius 1 is 1.24 bits per heavy atom. The number of rotatable bonds is 4. The van der Waals surface area contributed by atoms with E-state index < -0.39 is 41.2 Å². The number of benzene rings is 1. The molecule has 0 aliphatic rings. The van der Waals surface area contributed by atoms with Crippen LogP contribution in [0.5, 0.6) is 0 Å². The summed E-state index contributed by atoms with van der Waals surface area (Å²) in [5.74, 6) is -2.01. The minimum atomic E-state index is -4.21. The van der Waals surface area contributed by atoms with Gasteiger partial charge in [0.05, 0.1) is 0 Å². The Morgan fingerprint density at radius 3 is 2.14 bits per heavy atom. The highest BCUT2D eigenvalue weighted by molar-refractivity contribution is 7.92. The fraction of sp³-hybridized carbons (Fsp3) is 0.364. The molecule has 118 valence electrons. The van der Waals surface area contributed by atoms with Gasteiger partial charge in [-0.3, -0.25) is 4.79 Å². The van der Waals surface area contributed by atoms with Crippen LogP contribution in [0.4, 0.5) is 10.1 Å². The molecule has 0 aliphatic carbocycles. The first kappa shape index (κ1) is 17.5. The molecule has 1 rings (SSSR count). The van der Waals surface area contributed by atoms with Crippen molar-refractivity contribution >= 4 is 31.5 Å². The molecule has 1 amide bonds. The van der Waals surface area contributed by atoms with Gasteiger partial charge in [0.1, 0.15) is 15.5 Å². The Morgan fingerprint density at radius 2 is 1.76 bits per heavy atom. The van der Waals surface area contributed by atoms with Crippen LogP contribution in [0, 0.1) is 5.82 Å². The van der Waals surface area contributed by atoms with Gasteiger partial charge in [0.25, 0.3) is 0 Å². The lowest BCUT2D eigenvalue weighted by Crippen LogP contribution is -2.43. The minimum Gasteiger partial charge on any atom is -0.325 e. The Balaban J connectivity index is 3.12. The van der Waals surface area contributed by atoms with Crippen LogP contribution in [0.15, 0.2) is 23.1 Å². The molecule has 0 aromatic heterocycles. The zero-order valence-corrected chi connectivity index (χ0v) is 13.2. The lowest BCUT2D eigenvalue weighted by molar-refractivity contribution is -0.117. The molecule has 0 atom stereocenters. The molecule has 0 saturated heterocycles. The molecule has 0 bridgehead atoms. The summed E-state index contributed by atoms with van der Waals surface area (Å²) in [6, 6.07) is 2.74. The van der Waals surface area contributed by atoms with Gasteiger partial charge >= 0.3 is 0 Å². The van der Waals surface area contributed by atoms with Crippen LogP contribution in [0.3, 0.4) is 0 Å². The molecule has 1 aromatic carbocycles.